The molecule has 0 amide bonds. The van der Waals surface area contributed by atoms with Crippen LogP contribution in [0, 0.1) is 0 Å². The van der Waals surface area contributed by atoms with E-state index in [1.807, 2.05) is 42.7 Å². The summed E-state index contributed by atoms with van der Waals surface area (Å²) in [6.07, 6.45) is 14.6. The average Bonchev–Trinajstić information content (AvgIpc) is 3.18. The standard InChI is InChI=1S/C38H66O5SSi3/c1-36(2,3)46(11,12)41-29-21-25-32(42-47(13,14)37(4,5)6)24-20-26-33-35(39)34(44-7)30-38(33,43-45(8,9)10)27-18-19-28-40-31-22-16-15-17-23-31/h15-17,20,22-24,26,30,32H,18-19,21,25,27-29H2,1-14H3. The first-order chi connectivity index (χ1) is 21.5. The van der Waals surface area contributed by atoms with Crippen LogP contribution in [0.3, 0.4) is 0 Å². The summed E-state index contributed by atoms with van der Waals surface area (Å²) in [6, 6.07) is 9.93. The molecule has 47 heavy (non-hydrogen) atoms. The number of ketones is 1. The molecule has 0 saturated heterocycles. The van der Waals surface area contributed by atoms with Crippen LogP contribution in [-0.2, 0) is 18.1 Å². The third-order valence-electron chi connectivity index (χ3n) is 9.69. The highest BCUT2D eigenvalue weighted by Gasteiger charge is 2.46. The third-order valence-corrected chi connectivity index (χ3v) is 20.5. The summed E-state index contributed by atoms with van der Waals surface area (Å²) in [5, 5.41) is 0.283. The number of carbonyl (C=O) groups is 1. The zero-order chi connectivity index (χ0) is 35.7. The van der Waals surface area contributed by atoms with E-state index in [2.05, 4.69) is 106 Å². The van der Waals surface area contributed by atoms with Gasteiger partial charge in [-0.15, -0.1) is 11.8 Å². The molecule has 266 valence electrons. The maximum atomic E-state index is 13.8. The smallest absolute Gasteiger partial charge is 0.198 e. The summed E-state index contributed by atoms with van der Waals surface area (Å²) in [5.41, 5.74) is 0.000820. The van der Waals surface area contributed by atoms with Gasteiger partial charge in [0.1, 0.15) is 11.4 Å². The topological polar surface area (TPSA) is 54.0 Å². The van der Waals surface area contributed by atoms with Gasteiger partial charge in [0.2, 0.25) is 0 Å². The molecular weight excluding hydrogens is 653 g/mol. The first-order valence-electron chi connectivity index (χ1n) is 17.4. The Morgan fingerprint density at radius 1 is 0.851 bits per heavy atom. The summed E-state index contributed by atoms with van der Waals surface area (Å²) >= 11 is 1.51. The zero-order valence-corrected chi connectivity index (χ0v) is 36.0. The van der Waals surface area contributed by atoms with E-state index in [-0.39, 0.29) is 22.0 Å². The second-order valence-electron chi connectivity index (χ2n) is 16.9. The van der Waals surface area contributed by atoms with E-state index < -0.39 is 30.6 Å². The highest BCUT2D eigenvalue weighted by molar-refractivity contribution is 8.03. The molecule has 0 aromatic heterocycles. The van der Waals surface area contributed by atoms with E-state index in [1.165, 1.54) is 11.8 Å². The number of Topliss-reactive ketones (excluding diaryl/α,β-unsaturated/α-hetero) is 1. The van der Waals surface area contributed by atoms with Crippen molar-refractivity contribution in [3.8, 4) is 5.75 Å². The first-order valence-corrected chi connectivity index (χ1v) is 27.9. The number of hydrogen-bond acceptors (Lipinski definition) is 6. The lowest BCUT2D eigenvalue weighted by molar-refractivity contribution is -0.112. The zero-order valence-electron chi connectivity index (χ0n) is 32.2. The van der Waals surface area contributed by atoms with Crippen LogP contribution in [0.25, 0.3) is 0 Å². The van der Waals surface area contributed by atoms with Crippen LogP contribution in [-0.4, -0.2) is 61.9 Å². The van der Waals surface area contributed by atoms with Gasteiger partial charge in [-0.05, 0) is 112 Å². The van der Waals surface area contributed by atoms with Gasteiger partial charge < -0.3 is 18.0 Å². The fourth-order valence-corrected chi connectivity index (χ4v) is 9.35. The minimum Gasteiger partial charge on any atom is -0.494 e. The summed E-state index contributed by atoms with van der Waals surface area (Å²) in [7, 11) is -5.87. The van der Waals surface area contributed by atoms with Crippen molar-refractivity contribution in [1.29, 1.82) is 0 Å². The molecular formula is C38H66O5SSi3. The molecule has 1 aromatic carbocycles. The Balaban J connectivity index is 2.32. The second-order valence-corrected chi connectivity index (χ2v) is 31.7. The fraction of sp³-hybridized carbons (Fsp3) is 0.658. The van der Waals surface area contributed by atoms with Crippen LogP contribution >= 0.6 is 11.8 Å². The molecule has 0 heterocycles. The number of thioether (sulfide) groups is 1. The number of allylic oxidation sites excluding steroid dienone is 3. The Morgan fingerprint density at radius 2 is 1.47 bits per heavy atom. The molecule has 0 radical (unpaired) electrons. The maximum Gasteiger partial charge on any atom is 0.198 e. The maximum absolute atomic E-state index is 13.8. The van der Waals surface area contributed by atoms with Crippen molar-refractivity contribution in [2.45, 2.75) is 141 Å². The van der Waals surface area contributed by atoms with Gasteiger partial charge in [-0.2, -0.15) is 0 Å². The number of rotatable bonds is 18. The fourth-order valence-electron chi connectivity index (χ4n) is 4.99. The Bertz CT molecular complexity index is 1240. The van der Waals surface area contributed by atoms with Crippen molar-refractivity contribution in [2.24, 2.45) is 0 Å². The van der Waals surface area contributed by atoms with Crippen molar-refractivity contribution in [3.05, 3.63) is 65.1 Å². The van der Waals surface area contributed by atoms with Crippen LogP contribution in [0.1, 0.15) is 73.6 Å². The van der Waals surface area contributed by atoms with E-state index in [4.69, 9.17) is 18.0 Å². The monoisotopic (exact) mass is 718 g/mol. The predicted molar refractivity (Wildman–Crippen MR) is 211 cm³/mol. The van der Waals surface area contributed by atoms with Gasteiger partial charge in [0.05, 0.1) is 17.6 Å². The first kappa shape index (κ1) is 42.0. The van der Waals surface area contributed by atoms with E-state index in [9.17, 15) is 4.79 Å². The molecule has 0 spiro atoms. The Hall–Kier alpha value is -1.21. The van der Waals surface area contributed by atoms with E-state index in [0.29, 0.717) is 6.61 Å². The van der Waals surface area contributed by atoms with Gasteiger partial charge in [0, 0.05) is 12.2 Å². The molecule has 2 unspecified atom stereocenters. The lowest BCUT2D eigenvalue weighted by Gasteiger charge is -2.39. The molecule has 0 saturated carbocycles. The number of hydrogen-bond donors (Lipinski definition) is 0. The molecule has 0 aliphatic heterocycles. The summed E-state index contributed by atoms with van der Waals surface area (Å²) < 4.78 is 26.3. The number of para-hydroxylation sites is 1. The van der Waals surface area contributed by atoms with Crippen molar-refractivity contribution in [3.63, 3.8) is 0 Å². The average molecular weight is 719 g/mol. The van der Waals surface area contributed by atoms with Crippen LogP contribution in [0.5, 0.6) is 5.75 Å². The number of unbranched alkanes of at least 4 members (excludes halogenated alkanes) is 1. The third kappa shape index (κ3) is 12.9. The van der Waals surface area contributed by atoms with Crippen LogP contribution in [0.2, 0.25) is 55.9 Å². The van der Waals surface area contributed by atoms with Gasteiger partial charge in [-0.25, -0.2) is 0 Å². The molecule has 0 bridgehead atoms. The van der Waals surface area contributed by atoms with Crippen LogP contribution in [0.15, 0.2) is 65.1 Å². The summed E-state index contributed by atoms with van der Waals surface area (Å²) in [4.78, 5) is 14.6. The molecule has 1 aliphatic carbocycles. The molecule has 2 rings (SSSR count). The molecule has 1 aromatic rings. The highest BCUT2D eigenvalue weighted by Crippen LogP contribution is 2.44. The normalized spacial score (nSPS) is 19.9. The molecule has 0 N–H and O–H groups in total. The predicted octanol–water partition coefficient (Wildman–Crippen LogP) is 11.3. The quantitative estimate of drug-likeness (QED) is 0.0856. The van der Waals surface area contributed by atoms with E-state index in [0.717, 1.165) is 54.9 Å². The lowest BCUT2D eigenvalue weighted by atomic mass is 9.90. The van der Waals surface area contributed by atoms with Crippen molar-refractivity contribution in [2.75, 3.05) is 19.5 Å². The SMILES string of the molecule is CSC1=CC(CCCCOc2ccccc2)(O[Si](C)(C)C)C(=CC=CC(CCCO[Si](C)(C)C(C)(C)C)O[Si](C)(C)C(C)(C)C)C1=O. The van der Waals surface area contributed by atoms with Crippen molar-refractivity contribution >= 4 is 42.5 Å². The molecule has 9 heteroatoms. The Labute approximate surface area is 295 Å². The van der Waals surface area contributed by atoms with Gasteiger partial charge in [-0.3, -0.25) is 4.79 Å². The largest absolute Gasteiger partial charge is 0.494 e. The number of carbonyl (C=O) groups excluding carboxylic acids is 1. The van der Waals surface area contributed by atoms with Crippen LogP contribution < -0.4 is 4.74 Å². The van der Waals surface area contributed by atoms with Gasteiger partial charge in [0.25, 0.3) is 0 Å². The minimum atomic E-state index is -2.03. The molecule has 5 nitrogen and oxygen atoms in total. The summed E-state index contributed by atoms with van der Waals surface area (Å²) in [5.74, 6) is 0.957. The lowest BCUT2D eigenvalue weighted by Crippen LogP contribution is -2.44. The second kappa shape index (κ2) is 17.1. The van der Waals surface area contributed by atoms with Crippen LogP contribution in [0.4, 0.5) is 0 Å². The number of ether oxygens (including phenoxy) is 1. The Morgan fingerprint density at radius 3 is 2.02 bits per heavy atom. The number of benzene rings is 1. The Kier molecular flexibility index (Phi) is 15.3. The molecule has 2 atom stereocenters. The highest BCUT2D eigenvalue weighted by atomic mass is 32.2. The summed E-state index contributed by atoms with van der Waals surface area (Å²) in [6.45, 7) is 30.9. The van der Waals surface area contributed by atoms with E-state index in [1.54, 1.807) is 0 Å². The van der Waals surface area contributed by atoms with Crippen molar-refractivity contribution < 1.29 is 22.8 Å². The van der Waals surface area contributed by atoms with Gasteiger partial charge in [0.15, 0.2) is 30.7 Å². The van der Waals surface area contributed by atoms with Gasteiger partial charge >= 0.3 is 0 Å². The minimum absolute atomic E-state index is 0.0531. The van der Waals surface area contributed by atoms with E-state index >= 15 is 0 Å². The van der Waals surface area contributed by atoms with Crippen molar-refractivity contribution in [1.82, 2.24) is 0 Å². The molecule has 1 aliphatic rings. The molecule has 0 fully saturated rings. The van der Waals surface area contributed by atoms with Gasteiger partial charge in [-0.1, -0.05) is 78.0 Å².